The summed E-state index contributed by atoms with van der Waals surface area (Å²) in [5, 5.41) is 6.72. The average Bonchev–Trinajstić information content (AvgIpc) is 2.58. The minimum absolute atomic E-state index is 0. The topological polar surface area (TPSA) is 48.9 Å². The van der Waals surface area contributed by atoms with Gasteiger partial charge in [0.05, 0.1) is 0 Å². The van der Waals surface area contributed by atoms with E-state index >= 15 is 0 Å². The summed E-state index contributed by atoms with van der Waals surface area (Å²) in [6.45, 7) is 8.67. The van der Waals surface area contributed by atoms with Gasteiger partial charge < -0.3 is 15.4 Å². The van der Waals surface area contributed by atoms with Crippen LogP contribution in [0.1, 0.15) is 24.5 Å². The van der Waals surface area contributed by atoms with Crippen molar-refractivity contribution in [1.29, 1.82) is 0 Å². The monoisotopic (exact) mass is 446 g/mol. The van der Waals surface area contributed by atoms with Gasteiger partial charge in [-0.2, -0.15) is 0 Å². The van der Waals surface area contributed by atoms with Gasteiger partial charge >= 0.3 is 0 Å². The molecule has 0 radical (unpaired) electrons. The van der Waals surface area contributed by atoms with Gasteiger partial charge in [0.1, 0.15) is 0 Å². The molecule has 1 aliphatic rings. The zero-order valence-corrected chi connectivity index (χ0v) is 17.2. The summed E-state index contributed by atoms with van der Waals surface area (Å²) < 4.78 is 5.06. The maximum absolute atomic E-state index is 5.06. The Bertz CT molecular complexity index is 496. The summed E-state index contributed by atoms with van der Waals surface area (Å²) in [5.41, 5.74) is 2.98. The lowest BCUT2D eigenvalue weighted by Gasteiger charge is -2.28. The molecule has 1 aromatic carbocycles. The Morgan fingerprint density at radius 1 is 1.25 bits per heavy atom. The van der Waals surface area contributed by atoms with E-state index in [9.17, 15) is 0 Å². The van der Waals surface area contributed by atoms with Crippen molar-refractivity contribution in [2.24, 2.45) is 4.99 Å². The average molecular weight is 446 g/mol. The summed E-state index contributed by atoms with van der Waals surface area (Å²) in [5.74, 6) is 0.904. The molecule has 24 heavy (non-hydrogen) atoms. The first-order chi connectivity index (χ1) is 11.3. The van der Waals surface area contributed by atoms with Gasteiger partial charge in [-0.3, -0.25) is 9.89 Å². The predicted octanol–water partition coefficient (Wildman–Crippen LogP) is 2.25. The molecule has 0 bridgehead atoms. The Balaban J connectivity index is 0.00000288. The number of aliphatic imine (C=N–C) groups is 1. The van der Waals surface area contributed by atoms with E-state index in [-0.39, 0.29) is 24.0 Å². The number of fused-ring (bicyclic) bond motifs is 1. The highest BCUT2D eigenvalue weighted by Gasteiger charge is 2.14. The summed E-state index contributed by atoms with van der Waals surface area (Å²) in [7, 11) is 1.73. The van der Waals surface area contributed by atoms with Crippen molar-refractivity contribution in [1.82, 2.24) is 15.5 Å². The fourth-order valence-corrected chi connectivity index (χ4v) is 2.82. The summed E-state index contributed by atoms with van der Waals surface area (Å²) >= 11 is 0. The SMILES string of the molecule is CCNC(=NCCCOC)NCCN1CCc2ccccc2C1.I. The van der Waals surface area contributed by atoms with Crippen molar-refractivity contribution < 1.29 is 4.74 Å². The molecule has 1 heterocycles. The van der Waals surface area contributed by atoms with E-state index in [4.69, 9.17) is 4.74 Å². The molecule has 0 amide bonds. The van der Waals surface area contributed by atoms with Gasteiger partial charge in [0.15, 0.2) is 5.96 Å². The van der Waals surface area contributed by atoms with Crippen molar-refractivity contribution in [3.63, 3.8) is 0 Å². The van der Waals surface area contributed by atoms with Gasteiger partial charge in [0, 0.05) is 53.0 Å². The standard InChI is InChI=1S/C18H30N4O.HI/c1-3-19-18(20-10-6-14-23-2)21-11-13-22-12-9-16-7-4-5-8-17(16)15-22;/h4-5,7-8H,3,6,9-15H2,1-2H3,(H2,19,20,21);1H. The van der Waals surface area contributed by atoms with Crippen LogP contribution in [0, 0.1) is 0 Å². The largest absolute Gasteiger partial charge is 0.385 e. The lowest BCUT2D eigenvalue weighted by molar-refractivity contribution is 0.197. The molecule has 2 N–H and O–H groups in total. The molecule has 0 saturated carbocycles. The Hall–Kier alpha value is -0.860. The molecule has 0 atom stereocenters. The van der Waals surface area contributed by atoms with Crippen LogP contribution in [0.15, 0.2) is 29.3 Å². The van der Waals surface area contributed by atoms with E-state index in [2.05, 4.69) is 51.7 Å². The van der Waals surface area contributed by atoms with E-state index in [0.29, 0.717) is 0 Å². The Kier molecular flexibility index (Phi) is 11.0. The highest BCUT2D eigenvalue weighted by Crippen LogP contribution is 2.17. The quantitative estimate of drug-likeness (QED) is 0.279. The molecule has 2 rings (SSSR count). The normalized spacial score (nSPS) is 14.7. The van der Waals surface area contributed by atoms with Crippen molar-refractivity contribution in [2.45, 2.75) is 26.3 Å². The third-order valence-electron chi connectivity index (χ3n) is 4.05. The molecule has 0 spiro atoms. The number of guanidine groups is 1. The summed E-state index contributed by atoms with van der Waals surface area (Å²) in [6, 6.07) is 8.77. The predicted molar refractivity (Wildman–Crippen MR) is 111 cm³/mol. The van der Waals surface area contributed by atoms with E-state index in [1.165, 1.54) is 11.1 Å². The molecule has 1 aliphatic heterocycles. The van der Waals surface area contributed by atoms with Gasteiger partial charge in [0.2, 0.25) is 0 Å². The van der Waals surface area contributed by atoms with Gasteiger partial charge in [-0.15, -0.1) is 24.0 Å². The molecule has 0 fully saturated rings. The fourth-order valence-electron chi connectivity index (χ4n) is 2.82. The molecular formula is C18H31IN4O. The first-order valence-electron chi connectivity index (χ1n) is 8.63. The summed E-state index contributed by atoms with van der Waals surface area (Å²) in [4.78, 5) is 7.07. The van der Waals surface area contributed by atoms with Crippen LogP contribution in [0.2, 0.25) is 0 Å². The number of nitrogens with one attached hydrogen (secondary N) is 2. The maximum Gasteiger partial charge on any atom is 0.191 e. The van der Waals surface area contributed by atoms with Crippen LogP contribution in [0.25, 0.3) is 0 Å². The van der Waals surface area contributed by atoms with Crippen LogP contribution in [-0.4, -0.2) is 57.3 Å². The molecule has 0 aliphatic carbocycles. The van der Waals surface area contributed by atoms with Crippen LogP contribution in [0.4, 0.5) is 0 Å². The molecule has 0 aromatic heterocycles. The molecule has 136 valence electrons. The summed E-state index contributed by atoms with van der Waals surface area (Å²) in [6.07, 6.45) is 2.11. The van der Waals surface area contributed by atoms with Crippen LogP contribution < -0.4 is 10.6 Å². The first-order valence-corrected chi connectivity index (χ1v) is 8.63. The number of hydrogen-bond donors (Lipinski definition) is 2. The minimum atomic E-state index is 0. The number of rotatable bonds is 8. The Labute approximate surface area is 163 Å². The number of nitrogens with zero attached hydrogens (tertiary/aromatic N) is 2. The highest BCUT2D eigenvalue weighted by molar-refractivity contribution is 14.0. The third-order valence-corrected chi connectivity index (χ3v) is 4.05. The van der Waals surface area contributed by atoms with E-state index in [0.717, 1.165) is 64.7 Å². The van der Waals surface area contributed by atoms with Crippen LogP contribution in [-0.2, 0) is 17.7 Å². The Morgan fingerprint density at radius 2 is 2.04 bits per heavy atom. The van der Waals surface area contributed by atoms with Crippen LogP contribution in [0.3, 0.4) is 0 Å². The zero-order chi connectivity index (χ0) is 16.3. The van der Waals surface area contributed by atoms with E-state index in [1.807, 2.05) is 0 Å². The molecular weight excluding hydrogens is 415 g/mol. The fraction of sp³-hybridized carbons (Fsp3) is 0.611. The number of ether oxygens (including phenoxy) is 1. The number of methoxy groups -OCH3 is 1. The smallest absolute Gasteiger partial charge is 0.191 e. The molecule has 0 unspecified atom stereocenters. The van der Waals surface area contributed by atoms with Crippen molar-refractivity contribution in [3.8, 4) is 0 Å². The highest BCUT2D eigenvalue weighted by atomic mass is 127. The van der Waals surface area contributed by atoms with Crippen molar-refractivity contribution >= 4 is 29.9 Å². The van der Waals surface area contributed by atoms with Crippen LogP contribution >= 0.6 is 24.0 Å². The van der Waals surface area contributed by atoms with E-state index in [1.54, 1.807) is 7.11 Å². The number of halogens is 1. The third kappa shape index (κ3) is 7.36. The molecule has 1 aromatic rings. The van der Waals surface area contributed by atoms with Gasteiger partial charge in [-0.05, 0) is 30.9 Å². The Morgan fingerprint density at radius 3 is 2.79 bits per heavy atom. The van der Waals surface area contributed by atoms with Gasteiger partial charge in [-0.1, -0.05) is 24.3 Å². The van der Waals surface area contributed by atoms with E-state index < -0.39 is 0 Å². The molecule has 6 heteroatoms. The second-order valence-electron chi connectivity index (χ2n) is 5.83. The van der Waals surface area contributed by atoms with Crippen molar-refractivity contribution in [2.75, 3.05) is 46.4 Å². The maximum atomic E-state index is 5.06. The zero-order valence-electron chi connectivity index (χ0n) is 14.9. The molecule has 5 nitrogen and oxygen atoms in total. The lowest BCUT2D eigenvalue weighted by Crippen LogP contribution is -2.42. The lowest BCUT2D eigenvalue weighted by atomic mass is 10.00. The number of hydrogen-bond acceptors (Lipinski definition) is 3. The van der Waals surface area contributed by atoms with Gasteiger partial charge in [0.25, 0.3) is 0 Å². The van der Waals surface area contributed by atoms with Crippen LogP contribution in [0.5, 0.6) is 0 Å². The van der Waals surface area contributed by atoms with Gasteiger partial charge in [-0.25, -0.2) is 0 Å². The molecule has 0 saturated heterocycles. The second-order valence-corrected chi connectivity index (χ2v) is 5.83. The second kappa shape index (κ2) is 12.5. The number of benzene rings is 1. The van der Waals surface area contributed by atoms with Crippen molar-refractivity contribution in [3.05, 3.63) is 35.4 Å². The first kappa shape index (κ1) is 21.2. The minimum Gasteiger partial charge on any atom is -0.385 e.